The molecule has 2 rings (SSSR count). The fraction of sp³-hybridized carbons (Fsp3) is 0.300. The van der Waals surface area contributed by atoms with Gasteiger partial charge in [-0.2, -0.15) is 5.26 Å². The van der Waals surface area contributed by atoms with Crippen molar-refractivity contribution in [1.29, 1.82) is 5.26 Å². The molecule has 1 amide bonds. The van der Waals surface area contributed by atoms with Crippen molar-refractivity contribution in [3.05, 3.63) is 64.2 Å². The Morgan fingerprint density at radius 1 is 1.17 bits per heavy atom. The lowest BCUT2D eigenvalue weighted by molar-refractivity contribution is -0.132. The summed E-state index contributed by atoms with van der Waals surface area (Å²) in [7, 11) is -4.08. The van der Waals surface area contributed by atoms with Gasteiger partial charge in [-0.1, -0.05) is 17.7 Å². The zero-order valence-electron chi connectivity index (χ0n) is 16.3. The summed E-state index contributed by atoms with van der Waals surface area (Å²) in [5.74, 6) is -4.85. The zero-order valence-corrected chi connectivity index (χ0v) is 17.9. The van der Waals surface area contributed by atoms with E-state index >= 15 is 0 Å². The van der Waals surface area contributed by atoms with Crippen molar-refractivity contribution in [2.75, 3.05) is 11.1 Å². The van der Waals surface area contributed by atoms with E-state index in [1.54, 1.807) is 0 Å². The first-order valence-electron chi connectivity index (χ1n) is 8.62. The molecule has 1 unspecified atom stereocenters. The fourth-order valence-corrected chi connectivity index (χ4v) is 3.95. The molecule has 0 spiro atoms. The van der Waals surface area contributed by atoms with Crippen molar-refractivity contribution >= 4 is 33.0 Å². The molecule has 10 heteroatoms. The van der Waals surface area contributed by atoms with E-state index in [9.17, 15) is 27.1 Å². The summed E-state index contributed by atoms with van der Waals surface area (Å²) in [4.78, 5) is 13.0. The van der Waals surface area contributed by atoms with Crippen molar-refractivity contribution in [3.63, 3.8) is 0 Å². The summed E-state index contributed by atoms with van der Waals surface area (Å²) in [6.07, 6.45) is 0. The van der Waals surface area contributed by atoms with Crippen LogP contribution in [-0.4, -0.2) is 29.9 Å². The molecular formula is C20H19ClF2N2O4S. The minimum absolute atomic E-state index is 0.0222. The third kappa shape index (κ3) is 4.78. The first kappa shape index (κ1) is 23.7. The van der Waals surface area contributed by atoms with E-state index in [0.717, 1.165) is 6.07 Å². The van der Waals surface area contributed by atoms with Gasteiger partial charge in [-0.15, -0.1) is 0 Å². The van der Waals surface area contributed by atoms with Gasteiger partial charge in [-0.3, -0.25) is 4.79 Å². The number of halogens is 3. The number of rotatable bonds is 5. The lowest BCUT2D eigenvalue weighted by Gasteiger charge is -2.30. The molecule has 0 aliphatic rings. The van der Waals surface area contributed by atoms with E-state index in [0.29, 0.717) is 12.1 Å². The Morgan fingerprint density at radius 2 is 1.80 bits per heavy atom. The second-order valence-electron chi connectivity index (χ2n) is 7.62. The number of carbonyl (C=O) groups excluding carboxylic acids is 1. The Bertz CT molecular complexity index is 1140. The predicted octanol–water partition coefficient (Wildman–Crippen LogP) is 3.53. The van der Waals surface area contributed by atoms with Crippen LogP contribution in [0.25, 0.3) is 0 Å². The van der Waals surface area contributed by atoms with Gasteiger partial charge < -0.3 is 10.4 Å². The van der Waals surface area contributed by atoms with Crippen LogP contribution in [0.15, 0.2) is 36.4 Å². The fourth-order valence-electron chi connectivity index (χ4n) is 2.44. The normalized spacial score (nSPS) is 13.9. The standard InChI is InChI=1S/C20H19ClF2N2O4S/c1-19(2,3)30(28,29)11-20(27,13-5-7-16(22)17(23)8-13)18(26)25-14-6-4-12(10-24)15(21)9-14/h4-9,27H,11H2,1-3H3,(H,25,26). The SMILES string of the molecule is CC(C)(C)S(=O)(=O)CC(O)(C(=O)Nc1ccc(C#N)c(Cl)c1)c1ccc(F)c(F)c1. The Morgan fingerprint density at radius 3 is 2.30 bits per heavy atom. The summed E-state index contributed by atoms with van der Waals surface area (Å²) in [6, 6.07) is 7.91. The van der Waals surface area contributed by atoms with Crippen LogP contribution >= 0.6 is 11.6 Å². The molecule has 2 aromatic carbocycles. The number of amides is 1. The molecule has 0 fully saturated rings. The van der Waals surface area contributed by atoms with Gasteiger partial charge in [0.1, 0.15) is 6.07 Å². The number of carbonyl (C=O) groups is 1. The molecule has 6 nitrogen and oxygen atoms in total. The summed E-state index contributed by atoms with van der Waals surface area (Å²) in [5.41, 5.74) is -2.97. The quantitative estimate of drug-likeness (QED) is 0.715. The molecule has 1 atom stereocenters. The number of anilines is 1. The number of nitriles is 1. The van der Waals surface area contributed by atoms with E-state index in [4.69, 9.17) is 16.9 Å². The number of nitrogens with one attached hydrogen (secondary N) is 1. The lowest BCUT2D eigenvalue weighted by Crippen LogP contribution is -2.49. The van der Waals surface area contributed by atoms with Gasteiger partial charge in [-0.25, -0.2) is 17.2 Å². The smallest absolute Gasteiger partial charge is 0.262 e. The zero-order chi connectivity index (χ0) is 22.9. The molecule has 0 aliphatic carbocycles. The van der Waals surface area contributed by atoms with Gasteiger partial charge >= 0.3 is 0 Å². The van der Waals surface area contributed by atoms with Crippen LogP contribution < -0.4 is 5.32 Å². The summed E-state index contributed by atoms with van der Waals surface area (Å²) in [5, 5.41) is 22.4. The van der Waals surface area contributed by atoms with E-state index in [-0.39, 0.29) is 16.3 Å². The predicted molar refractivity (Wildman–Crippen MR) is 109 cm³/mol. The maximum Gasteiger partial charge on any atom is 0.262 e. The van der Waals surface area contributed by atoms with Crippen LogP contribution in [0.2, 0.25) is 5.02 Å². The minimum Gasteiger partial charge on any atom is -0.374 e. The van der Waals surface area contributed by atoms with Crippen molar-refractivity contribution in [2.24, 2.45) is 0 Å². The van der Waals surface area contributed by atoms with Crippen LogP contribution in [-0.2, 0) is 20.2 Å². The largest absolute Gasteiger partial charge is 0.374 e. The molecule has 0 saturated heterocycles. The van der Waals surface area contributed by atoms with Gasteiger partial charge in [0.05, 0.1) is 21.1 Å². The van der Waals surface area contributed by atoms with Crippen LogP contribution in [0.4, 0.5) is 14.5 Å². The lowest BCUT2D eigenvalue weighted by atomic mass is 9.94. The van der Waals surface area contributed by atoms with Crippen molar-refractivity contribution < 1.29 is 27.1 Å². The maximum absolute atomic E-state index is 13.8. The average molecular weight is 457 g/mol. The topological polar surface area (TPSA) is 107 Å². The van der Waals surface area contributed by atoms with E-state index < -0.39 is 49.0 Å². The molecule has 0 heterocycles. The Labute approximate surface area is 178 Å². The summed E-state index contributed by atoms with van der Waals surface area (Å²) in [6.45, 7) is 4.14. The van der Waals surface area contributed by atoms with E-state index in [1.807, 2.05) is 6.07 Å². The minimum atomic E-state index is -4.08. The Hall–Kier alpha value is -2.54. The summed E-state index contributed by atoms with van der Waals surface area (Å²) >= 11 is 5.93. The van der Waals surface area contributed by atoms with Crippen LogP contribution in [0.1, 0.15) is 31.9 Å². The Balaban J connectivity index is 2.54. The number of sulfone groups is 1. The highest BCUT2D eigenvalue weighted by Gasteiger charge is 2.46. The van der Waals surface area contributed by atoms with Gasteiger partial charge in [0.15, 0.2) is 27.1 Å². The number of hydrogen-bond donors (Lipinski definition) is 2. The van der Waals surface area contributed by atoms with Crippen molar-refractivity contribution in [2.45, 2.75) is 31.1 Å². The first-order valence-corrected chi connectivity index (χ1v) is 10.7. The second-order valence-corrected chi connectivity index (χ2v) is 10.8. The molecule has 0 saturated carbocycles. The number of benzene rings is 2. The van der Waals surface area contributed by atoms with Crippen LogP contribution in [0, 0.1) is 23.0 Å². The van der Waals surface area contributed by atoms with E-state index in [1.165, 1.54) is 39.0 Å². The molecule has 160 valence electrons. The number of hydrogen-bond acceptors (Lipinski definition) is 5. The van der Waals surface area contributed by atoms with Crippen LogP contribution in [0.3, 0.4) is 0 Å². The maximum atomic E-state index is 13.8. The monoisotopic (exact) mass is 456 g/mol. The second kappa shape index (κ2) is 8.30. The molecule has 0 aromatic heterocycles. The summed E-state index contributed by atoms with van der Waals surface area (Å²) < 4.78 is 51.3. The average Bonchev–Trinajstić information content (AvgIpc) is 2.62. The molecule has 0 bridgehead atoms. The highest BCUT2D eigenvalue weighted by molar-refractivity contribution is 7.92. The molecule has 2 aromatic rings. The van der Waals surface area contributed by atoms with E-state index in [2.05, 4.69) is 5.32 Å². The van der Waals surface area contributed by atoms with Crippen molar-refractivity contribution in [3.8, 4) is 6.07 Å². The number of aliphatic hydroxyl groups is 1. The molecular weight excluding hydrogens is 438 g/mol. The molecule has 0 radical (unpaired) electrons. The van der Waals surface area contributed by atoms with Gasteiger partial charge in [0.25, 0.3) is 5.91 Å². The van der Waals surface area contributed by atoms with Gasteiger partial charge in [0, 0.05) is 5.69 Å². The number of nitrogens with zero attached hydrogens (tertiary/aromatic N) is 1. The van der Waals surface area contributed by atoms with Crippen molar-refractivity contribution in [1.82, 2.24) is 0 Å². The van der Waals surface area contributed by atoms with Gasteiger partial charge in [-0.05, 0) is 56.7 Å². The third-order valence-corrected chi connectivity index (χ3v) is 7.43. The molecule has 2 N–H and O–H groups in total. The highest BCUT2D eigenvalue weighted by atomic mass is 35.5. The molecule has 0 aliphatic heterocycles. The molecule has 30 heavy (non-hydrogen) atoms. The highest BCUT2D eigenvalue weighted by Crippen LogP contribution is 2.31. The third-order valence-electron chi connectivity index (χ3n) is 4.45. The van der Waals surface area contributed by atoms with Gasteiger partial charge in [0.2, 0.25) is 0 Å². The van der Waals surface area contributed by atoms with Crippen LogP contribution in [0.5, 0.6) is 0 Å². The Kier molecular flexibility index (Phi) is 6.57. The first-order chi connectivity index (χ1) is 13.7.